The van der Waals surface area contributed by atoms with E-state index < -0.39 is 0 Å². The Bertz CT molecular complexity index is 903. The van der Waals surface area contributed by atoms with Gasteiger partial charge in [-0.05, 0) is 54.4 Å². The molecule has 2 amide bonds. The number of hydrogen-bond donors (Lipinski definition) is 0. The molecule has 0 aliphatic carbocycles. The Morgan fingerprint density at radius 1 is 1.03 bits per heavy atom. The third-order valence-electron chi connectivity index (χ3n) is 7.02. The van der Waals surface area contributed by atoms with Gasteiger partial charge in [0.25, 0.3) is 5.91 Å². The van der Waals surface area contributed by atoms with E-state index in [0.717, 1.165) is 61.7 Å². The Morgan fingerprint density at radius 3 is 2.62 bits per heavy atom. The molecule has 4 heteroatoms. The van der Waals surface area contributed by atoms with E-state index in [1.54, 1.807) is 0 Å². The van der Waals surface area contributed by atoms with Crippen molar-refractivity contribution in [3.63, 3.8) is 0 Å². The predicted octanol–water partition coefficient (Wildman–Crippen LogP) is 4.73. The van der Waals surface area contributed by atoms with Crippen LogP contribution in [-0.2, 0) is 4.79 Å². The van der Waals surface area contributed by atoms with Gasteiger partial charge in [0.05, 0.1) is 5.92 Å². The normalized spacial score (nSPS) is 25.2. The van der Waals surface area contributed by atoms with Crippen LogP contribution in [0.5, 0.6) is 0 Å². The van der Waals surface area contributed by atoms with Crippen LogP contribution in [0.25, 0.3) is 10.8 Å². The Hall–Kier alpha value is -2.36. The monoisotopic (exact) mass is 392 g/mol. The van der Waals surface area contributed by atoms with Gasteiger partial charge in [-0.1, -0.05) is 50.2 Å². The van der Waals surface area contributed by atoms with Crippen LogP contribution in [0.1, 0.15) is 56.3 Å². The third-order valence-corrected chi connectivity index (χ3v) is 7.02. The van der Waals surface area contributed by atoms with Crippen LogP contribution in [0.3, 0.4) is 0 Å². The fourth-order valence-corrected chi connectivity index (χ4v) is 5.00. The highest BCUT2D eigenvalue weighted by Gasteiger charge is 2.36. The van der Waals surface area contributed by atoms with Crippen LogP contribution >= 0.6 is 0 Å². The van der Waals surface area contributed by atoms with Crippen molar-refractivity contribution >= 4 is 22.6 Å². The zero-order valence-electron chi connectivity index (χ0n) is 17.7. The zero-order valence-corrected chi connectivity index (χ0v) is 17.7. The summed E-state index contributed by atoms with van der Waals surface area (Å²) in [6, 6.07) is 13.9. The average molecular weight is 393 g/mol. The number of benzene rings is 2. The van der Waals surface area contributed by atoms with E-state index in [9.17, 15) is 9.59 Å². The Kier molecular flexibility index (Phi) is 5.62. The molecule has 154 valence electrons. The first-order chi connectivity index (χ1) is 14.0. The number of rotatable bonds is 3. The predicted molar refractivity (Wildman–Crippen MR) is 117 cm³/mol. The molecule has 0 bridgehead atoms. The van der Waals surface area contributed by atoms with Crippen molar-refractivity contribution in [2.45, 2.75) is 46.0 Å². The number of hydrogen-bond acceptors (Lipinski definition) is 2. The Labute approximate surface area is 173 Å². The minimum absolute atomic E-state index is 0.0522. The first-order valence-electron chi connectivity index (χ1n) is 11.1. The highest BCUT2D eigenvalue weighted by molar-refractivity contribution is 6.07. The van der Waals surface area contributed by atoms with E-state index in [0.29, 0.717) is 6.54 Å². The molecule has 2 aromatic carbocycles. The molecule has 2 saturated heterocycles. The first-order valence-corrected chi connectivity index (χ1v) is 11.1. The summed E-state index contributed by atoms with van der Waals surface area (Å²) in [6.07, 6.45) is 5.17. The lowest BCUT2D eigenvalue weighted by Crippen LogP contribution is -2.51. The van der Waals surface area contributed by atoms with Crippen molar-refractivity contribution in [3.05, 3.63) is 48.0 Å². The maximum Gasteiger partial charge on any atom is 0.254 e. The van der Waals surface area contributed by atoms with Gasteiger partial charge in [-0.2, -0.15) is 0 Å². The fraction of sp³-hybridized carbons (Fsp3) is 0.520. The third kappa shape index (κ3) is 4.03. The molecule has 29 heavy (non-hydrogen) atoms. The molecular weight excluding hydrogens is 360 g/mol. The van der Waals surface area contributed by atoms with Crippen LogP contribution in [0.15, 0.2) is 42.5 Å². The molecule has 4 rings (SSSR count). The molecule has 0 aromatic heterocycles. The van der Waals surface area contributed by atoms with Gasteiger partial charge in [0.1, 0.15) is 0 Å². The van der Waals surface area contributed by atoms with E-state index in [1.807, 2.05) is 47.4 Å². The molecule has 2 atom stereocenters. The van der Waals surface area contributed by atoms with Crippen molar-refractivity contribution in [1.29, 1.82) is 0 Å². The van der Waals surface area contributed by atoms with Crippen molar-refractivity contribution in [3.8, 4) is 0 Å². The first kappa shape index (κ1) is 19.9. The summed E-state index contributed by atoms with van der Waals surface area (Å²) in [7, 11) is 0. The molecule has 0 spiro atoms. The number of amides is 2. The standard InChI is InChI=1S/C25H32N2O2/c1-3-25(2)14-8-16-27(18-25)23(28)20-11-7-15-26(17-20)24(29)22-13-6-10-19-9-4-5-12-21(19)22/h4-6,9-10,12-13,20H,3,7-8,11,14-18H2,1-2H3/t20-,25-/m1/s1. The molecule has 4 nitrogen and oxygen atoms in total. The minimum Gasteiger partial charge on any atom is -0.342 e. The molecule has 0 saturated carbocycles. The SMILES string of the molecule is CC[C@]1(C)CCCN(C(=O)[C@@H]2CCCN(C(=O)c3cccc4ccccc34)C2)C1. The van der Waals surface area contributed by atoms with Crippen molar-refractivity contribution in [2.75, 3.05) is 26.2 Å². The second kappa shape index (κ2) is 8.17. The molecule has 0 radical (unpaired) electrons. The molecule has 2 heterocycles. The van der Waals surface area contributed by atoms with Crippen LogP contribution < -0.4 is 0 Å². The van der Waals surface area contributed by atoms with Gasteiger partial charge in [-0.15, -0.1) is 0 Å². The van der Waals surface area contributed by atoms with Crippen LogP contribution in [0.4, 0.5) is 0 Å². The highest BCUT2D eigenvalue weighted by Crippen LogP contribution is 2.34. The van der Waals surface area contributed by atoms with Gasteiger partial charge >= 0.3 is 0 Å². The summed E-state index contributed by atoms with van der Waals surface area (Å²) in [6.45, 7) is 7.51. The Balaban J connectivity index is 1.49. The number of carbonyl (C=O) groups excluding carboxylic acids is 2. The molecule has 2 aliphatic rings. The summed E-state index contributed by atoms with van der Waals surface area (Å²) < 4.78 is 0. The van der Waals surface area contributed by atoms with Crippen LogP contribution in [0.2, 0.25) is 0 Å². The quantitative estimate of drug-likeness (QED) is 0.758. The van der Waals surface area contributed by atoms with E-state index in [-0.39, 0.29) is 23.1 Å². The summed E-state index contributed by atoms with van der Waals surface area (Å²) in [5.74, 6) is 0.234. The minimum atomic E-state index is -0.0677. The molecule has 0 unspecified atom stereocenters. The number of carbonyl (C=O) groups is 2. The van der Waals surface area contributed by atoms with Gasteiger partial charge in [-0.25, -0.2) is 0 Å². The van der Waals surface area contributed by atoms with Crippen LogP contribution in [-0.4, -0.2) is 47.8 Å². The summed E-state index contributed by atoms with van der Waals surface area (Å²) >= 11 is 0. The second-order valence-corrected chi connectivity index (χ2v) is 9.14. The summed E-state index contributed by atoms with van der Waals surface area (Å²) in [4.78, 5) is 30.5. The van der Waals surface area contributed by atoms with Gasteiger partial charge in [0.15, 0.2) is 0 Å². The lowest BCUT2D eigenvalue weighted by molar-refractivity contribution is -0.140. The fourth-order valence-electron chi connectivity index (χ4n) is 5.00. The number of likely N-dealkylation sites (tertiary alicyclic amines) is 2. The Morgan fingerprint density at radius 2 is 1.79 bits per heavy atom. The van der Waals surface area contributed by atoms with E-state index in [2.05, 4.69) is 18.7 Å². The molecule has 2 fully saturated rings. The number of fused-ring (bicyclic) bond motifs is 1. The molecular formula is C25H32N2O2. The average Bonchev–Trinajstić information content (AvgIpc) is 2.78. The van der Waals surface area contributed by atoms with Crippen molar-refractivity contribution in [1.82, 2.24) is 9.80 Å². The molecule has 0 N–H and O–H groups in total. The van der Waals surface area contributed by atoms with E-state index in [1.165, 1.54) is 6.42 Å². The van der Waals surface area contributed by atoms with Gasteiger partial charge in [-0.3, -0.25) is 9.59 Å². The maximum absolute atomic E-state index is 13.3. The van der Waals surface area contributed by atoms with E-state index >= 15 is 0 Å². The molecule has 2 aromatic rings. The number of piperidine rings is 2. The van der Waals surface area contributed by atoms with E-state index in [4.69, 9.17) is 0 Å². The second-order valence-electron chi connectivity index (χ2n) is 9.14. The maximum atomic E-state index is 13.3. The smallest absolute Gasteiger partial charge is 0.254 e. The molecule has 2 aliphatic heterocycles. The van der Waals surface area contributed by atoms with Gasteiger partial charge < -0.3 is 9.80 Å². The highest BCUT2D eigenvalue weighted by atomic mass is 16.2. The topological polar surface area (TPSA) is 40.6 Å². The summed E-state index contributed by atoms with van der Waals surface area (Å²) in [5.41, 5.74) is 0.980. The van der Waals surface area contributed by atoms with Gasteiger partial charge in [0.2, 0.25) is 5.91 Å². The van der Waals surface area contributed by atoms with Gasteiger partial charge in [0, 0.05) is 31.7 Å². The largest absolute Gasteiger partial charge is 0.342 e. The van der Waals surface area contributed by atoms with Crippen LogP contribution in [0, 0.1) is 11.3 Å². The summed E-state index contributed by atoms with van der Waals surface area (Å²) in [5, 5.41) is 2.07. The van der Waals surface area contributed by atoms with Crippen molar-refractivity contribution in [2.24, 2.45) is 11.3 Å². The lowest BCUT2D eigenvalue weighted by atomic mass is 9.79. The zero-order chi connectivity index (χ0) is 20.4. The van der Waals surface area contributed by atoms with Crippen molar-refractivity contribution < 1.29 is 9.59 Å². The lowest BCUT2D eigenvalue weighted by Gasteiger charge is -2.42. The number of nitrogens with zero attached hydrogens (tertiary/aromatic N) is 2.